The van der Waals surface area contributed by atoms with Gasteiger partial charge in [-0.2, -0.15) is 0 Å². The van der Waals surface area contributed by atoms with Crippen molar-refractivity contribution in [2.45, 2.75) is 0 Å². The summed E-state index contributed by atoms with van der Waals surface area (Å²) in [6.07, 6.45) is 0.975. The molecule has 44 valence electrons. The number of hydrogen-bond acceptors (Lipinski definition) is 3. The van der Waals surface area contributed by atoms with Crippen molar-refractivity contribution in [3.05, 3.63) is 0 Å². The van der Waals surface area contributed by atoms with E-state index in [1.165, 1.54) is 7.05 Å². The van der Waals surface area contributed by atoms with Gasteiger partial charge in [0.15, 0.2) is 5.71 Å². The quantitative estimate of drug-likeness (QED) is 0.487. The summed E-state index contributed by atoms with van der Waals surface area (Å²) >= 11 is 0. The second kappa shape index (κ2) is 2.90. The first-order valence-corrected chi connectivity index (χ1v) is 1.92. The van der Waals surface area contributed by atoms with Crippen LogP contribution in [0.25, 0.3) is 0 Å². The molecule has 0 saturated carbocycles. The summed E-state index contributed by atoms with van der Waals surface area (Å²) in [7, 11) is 1.41. The molecule has 0 aromatic heterocycles. The lowest BCUT2D eigenvalue weighted by Gasteiger charge is -1.81. The fourth-order valence-electron chi connectivity index (χ4n) is 0.184. The number of aliphatic imine (C=N–C) groups is 1. The van der Waals surface area contributed by atoms with Crippen molar-refractivity contribution in [2.75, 3.05) is 7.05 Å². The van der Waals surface area contributed by atoms with E-state index in [2.05, 4.69) is 4.99 Å². The van der Waals surface area contributed by atoms with Gasteiger partial charge in [0, 0.05) is 7.05 Å². The summed E-state index contributed by atoms with van der Waals surface area (Å²) in [5.74, 6) is -1.25. The first-order valence-electron chi connectivity index (χ1n) is 1.92. The Morgan fingerprint density at radius 3 is 2.50 bits per heavy atom. The van der Waals surface area contributed by atoms with Crippen molar-refractivity contribution in [3.8, 4) is 0 Å². The SMILES string of the molecule is CN=CC(=N)C(=O)O. The van der Waals surface area contributed by atoms with Crippen LogP contribution in [0.15, 0.2) is 4.99 Å². The minimum absolute atomic E-state index is 0.493. The molecular weight excluding hydrogens is 108 g/mol. The maximum atomic E-state index is 9.77. The number of carbonyl (C=O) groups is 1. The zero-order valence-electron chi connectivity index (χ0n) is 4.38. The van der Waals surface area contributed by atoms with Crippen LogP contribution in [-0.2, 0) is 4.79 Å². The van der Waals surface area contributed by atoms with Crippen LogP contribution in [0.1, 0.15) is 0 Å². The van der Waals surface area contributed by atoms with E-state index in [1.54, 1.807) is 0 Å². The van der Waals surface area contributed by atoms with E-state index in [-0.39, 0.29) is 0 Å². The van der Waals surface area contributed by atoms with Crippen LogP contribution < -0.4 is 0 Å². The molecule has 0 aliphatic rings. The summed E-state index contributed by atoms with van der Waals surface area (Å²) in [6, 6.07) is 0. The molecule has 8 heavy (non-hydrogen) atoms. The van der Waals surface area contributed by atoms with Crippen molar-refractivity contribution in [2.24, 2.45) is 4.99 Å². The molecule has 0 saturated heterocycles. The van der Waals surface area contributed by atoms with Gasteiger partial charge < -0.3 is 5.11 Å². The van der Waals surface area contributed by atoms with Crippen molar-refractivity contribution in [1.82, 2.24) is 0 Å². The number of hydrogen-bond donors (Lipinski definition) is 2. The molecule has 0 aliphatic carbocycles. The van der Waals surface area contributed by atoms with E-state index in [4.69, 9.17) is 10.5 Å². The third-order valence-electron chi connectivity index (χ3n) is 0.489. The molecule has 0 heterocycles. The maximum Gasteiger partial charge on any atom is 0.355 e. The molecule has 0 rings (SSSR count). The topological polar surface area (TPSA) is 73.5 Å². The average Bonchev–Trinajstić information content (AvgIpc) is 1.67. The lowest BCUT2D eigenvalue weighted by molar-refractivity contribution is -0.129. The van der Waals surface area contributed by atoms with Gasteiger partial charge in [0.25, 0.3) is 0 Å². The Kier molecular flexibility index (Phi) is 2.47. The molecular formula is C4H6N2O2. The normalized spacial score (nSPS) is 9.62. The van der Waals surface area contributed by atoms with Crippen LogP contribution in [0.2, 0.25) is 0 Å². The minimum atomic E-state index is -1.25. The molecule has 0 spiro atoms. The van der Waals surface area contributed by atoms with Gasteiger partial charge in [-0.25, -0.2) is 4.79 Å². The molecule has 0 aliphatic heterocycles. The Hall–Kier alpha value is -1.19. The van der Waals surface area contributed by atoms with Gasteiger partial charge in [-0.05, 0) is 0 Å². The van der Waals surface area contributed by atoms with Crippen LogP contribution >= 0.6 is 0 Å². The second-order valence-corrected chi connectivity index (χ2v) is 1.11. The van der Waals surface area contributed by atoms with Gasteiger partial charge in [-0.3, -0.25) is 10.4 Å². The Morgan fingerprint density at radius 1 is 1.88 bits per heavy atom. The Bertz CT molecular complexity index is 139. The highest BCUT2D eigenvalue weighted by Crippen LogP contribution is 1.65. The lowest BCUT2D eigenvalue weighted by Crippen LogP contribution is -2.11. The zero-order chi connectivity index (χ0) is 6.57. The number of rotatable bonds is 2. The van der Waals surface area contributed by atoms with E-state index < -0.39 is 11.7 Å². The molecule has 4 nitrogen and oxygen atoms in total. The van der Waals surface area contributed by atoms with Gasteiger partial charge in [-0.15, -0.1) is 0 Å². The van der Waals surface area contributed by atoms with E-state index >= 15 is 0 Å². The highest BCUT2D eigenvalue weighted by Gasteiger charge is 1.99. The predicted octanol–water partition coefficient (Wildman–Crippen LogP) is -0.209. The molecule has 0 radical (unpaired) electrons. The van der Waals surface area contributed by atoms with Crippen LogP contribution in [0.4, 0.5) is 0 Å². The summed E-state index contributed by atoms with van der Waals surface area (Å²) in [6.45, 7) is 0. The van der Waals surface area contributed by atoms with Crippen molar-refractivity contribution in [1.29, 1.82) is 5.41 Å². The standard InChI is InChI=1S/C4H6N2O2/c1-6-2-3(5)4(7)8/h2,5H,1H3,(H,7,8). The number of aliphatic carboxylic acids is 1. The Morgan fingerprint density at radius 2 is 2.38 bits per heavy atom. The summed E-state index contributed by atoms with van der Waals surface area (Å²) in [4.78, 5) is 13.1. The Balaban J connectivity index is 3.85. The molecule has 0 aromatic carbocycles. The van der Waals surface area contributed by atoms with Gasteiger partial charge in [0.2, 0.25) is 0 Å². The fraction of sp³-hybridized carbons (Fsp3) is 0.250. The first kappa shape index (κ1) is 6.81. The van der Waals surface area contributed by atoms with Crippen LogP contribution in [0.5, 0.6) is 0 Å². The Labute approximate surface area is 46.4 Å². The van der Waals surface area contributed by atoms with E-state index in [1.807, 2.05) is 0 Å². The van der Waals surface area contributed by atoms with Crippen molar-refractivity contribution < 1.29 is 9.90 Å². The van der Waals surface area contributed by atoms with E-state index in [9.17, 15) is 4.79 Å². The van der Waals surface area contributed by atoms with Crippen LogP contribution in [-0.4, -0.2) is 30.0 Å². The van der Waals surface area contributed by atoms with Crippen LogP contribution in [0.3, 0.4) is 0 Å². The predicted molar refractivity (Wildman–Crippen MR) is 29.8 cm³/mol. The van der Waals surface area contributed by atoms with Gasteiger partial charge >= 0.3 is 5.97 Å². The average molecular weight is 114 g/mol. The fourth-order valence-corrected chi connectivity index (χ4v) is 0.184. The lowest BCUT2D eigenvalue weighted by atomic mass is 10.4. The molecule has 2 N–H and O–H groups in total. The number of carboxylic acid groups (broad SMARTS) is 1. The molecule has 0 fully saturated rings. The van der Waals surface area contributed by atoms with E-state index in [0.29, 0.717) is 0 Å². The highest BCUT2D eigenvalue weighted by atomic mass is 16.4. The third-order valence-corrected chi connectivity index (χ3v) is 0.489. The largest absolute Gasteiger partial charge is 0.476 e. The smallest absolute Gasteiger partial charge is 0.355 e. The number of nitrogens with one attached hydrogen (secondary N) is 1. The minimum Gasteiger partial charge on any atom is -0.476 e. The molecule has 0 bridgehead atoms. The number of carboxylic acids is 1. The highest BCUT2D eigenvalue weighted by molar-refractivity contribution is 6.57. The summed E-state index contributed by atoms with van der Waals surface area (Å²) < 4.78 is 0. The second-order valence-electron chi connectivity index (χ2n) is 1.11. The van der Waals surface area contributed by atoms with Crippen molar-refractivity contribution >= 4 is 17.9 Å². The monoisotopic (exact) mass is 114 g/mol. The number of nitrogens with zero attached hydrogens (tertiary/aromatic N) is 1. The third kappa shape index (κ3) is 2.07. The molecule has 0 amide bonds. The van der Waals surface area contributed by atoms with Crippen molar-refractivity contribution in [3.63, 3.8) is 0 Å². The molecule has 0 atom stereocenters. The van der Waals surface area contributed by atoms with Gasteiger partial charge in [0.1, 0.15) is 0 Å². The van der Waals surface area contributed by atoms with Gasteiger partial charge in [-0.1, -0.05) is 0 Å². The van der Waals surface area contributed by atoms with E-state index in [0.717, 1.165) is 6.21 Å². The summed E-state index contributed by atoms with van der Waals surface area (Å²) in [5, 5.41) is 14.6. The van der Waals surface area contributed by atoms with Gasteiger partial charge in [0.05, 0.1) is 6.21 Å². The molecule has 0 aromatic rings. The van der Waals surface area contributed by atoms with Crippen LogP contribution in [0, 0.1) is 5.41 Å². The first-order chi connectivity index (χ1) is 3.68. The zero-order valence-corrected chi connectivity index (χ0v) is 4.38. The summed E-state index contributed by atoms with van der Waals surface area (Å²) in [5.41, 5.74) is -0.493. The molecule has 0 unspecified atom stereocenters. The molecule has 4 heteroatoms. The maximum absolute atomic E-state index is 9.77.